The summed E-state index contributed by atoms with van der Waals surface area (Å²) in [5.74, 6) is 0. The van der Waals surface area contributed by atoms with Gasteiger partial charge in [-0.1, -0.05) is 36.4 Å². The van der Waals surface area contributed by atoms with Crippen LogP contribution in [0.15, 0.2) is 48.5 Å². The summed E-state index contributed by atoms with van der Waals surface area (Å²) in [5, 5.41) is 10.3. The van der Waals surface area contributed by atoms with Crippen LogP contribution in [-0.4, -0.2) is 18.2 Å². The molecule has 0 aromatic heterocycles. The molecule has 1 unspecified atom stereocenters. The predicted molar refractivity (Wildman–Crippen MR) is 91.8 cm³/mol. The van der Waals surface area contributed by atoms with Crippen LogP contribution in [0.1, 0.15) is 42.1 Å². The molecule has 114 valence electrons. The Kier molecular flexibility index (Phi) is 4.79. The zero-order valence-electron chi connectivity index (χ0n) is 12.9. The van der Waals surface area contributed by atoms with E-state index in [1.807, 2.05) is 36.4 Å². The fourth-order valence-corrected chi connectivity index (χ4v) is 2.92. The Labute approximate surface area is 133 Å². The summed E-state index contributed by atoms with van der Waals surface area (Å²) in [6.45, 7) is 6.18. The monoisotopic (exact) mass is 293 g/mol. The van der Waals surface area contributed by atoms with E-state index >= 15 is 0 Å². The Morgan fingerprint density at radius 1 is 1.00 bits per heavy atom. The Morgan fingerprint density at radius 2 is 1.64 bits per heavy atom. The lowest BCUT2D eigenvalue weighted by atomic mass is 10.0. The van der Waals surface area contributed by atoms with Gasteiger partial charge in [-0.05, 0) is 61.4 Å². The normalized spacial score (nSPS) is 16.0. The molecule has 0 saturated carbocycles. The molecular weight excluding hydrogens is 270 g/mol. The average Bonchev–Trinajstić information content (AvgIpc) is 3.09. The van der Waals surface area contributed by atoms with Gasteiger partial charge in [-0.3, -0.25) is 0 Å². The molecule has 1 heterocycles. The van der Waals surface area contributed by atoms with Gasteiger partial charge in [-0.25, -0.2) is 0 Å². The topological polar surface area (TPSA) is 23.5 Å². The van der Waals surface area contributed by atoms with Gasteiger partial charge in [0.2, 0.25) is 0 Å². The van der Waals surface area contributed by atoms with E-state index in [1.165, 1.54) is 18.5 Å². The highest BCUT2D eigenvalue weighted by Gasteiger charge is 2.13. The number of aliphatic hydroxyl groups is 1. The molecule has 2 nitrogen and oxygen atoms in total. The van der Waals surface area contributed by atoms with Gasteiger partial charge < -0.3 is 10.0 Å². The molecule has 0 amide bonds. The van der Waals surface area contributed by atoms with Crippen molar-refractivity contribution < 1.29 is 5.11 Å². The van der Waals surface area contributed by atoms with Crippen molar-refractivity contribution in [3.8, 4) is 0 Å². The van der Waals surface area contributed by atoms with Crippen LogP contribution in [0.3, 0.4) is 0 Å². The van der Waals surface area contributed by atoms with Crippen molar-refractivity contribution in [3.63, 3.8) is 0 Å². The van der Waals surface area contributed by atoms with Crippen LogP contribution in [0.25, 0.3) is 0 Å². The highest BCUT2D eigenvalue weighted by molar-refractivity contribution is 5.48. The first-order chi connectivity index (χ1) is 10.7. The van der Waals surface area contributed by atoms with Crippen LogP contribution in [0.2, 0.25) is 0 Å². The van der Waals surface area contributed by atoms with Gasteiger partial charge in [0.05, 0.1) is 6.10 Å². The number of anilines is 1. The molecule has 1 aliphatic heterocycles. The van der Waals surface area contributed by atoms with Crippen LogP contribution in [0.5, 0.6) is 0 Å². The van der Waals surface area contributed by atoms with E-state index in [0.717, 1.165) is 29.8 Å². The minimum atomic E-state index is -0.452. The Hall–Kier alpha value is -1.80. The standard InChI is InChI=1S/C20H23NO/c1-16-4-6-17(7-5-16)8-13-20(22)18-9-11-19(12-10-18)21-14-2-3-15-21/h4-12,20,22H,1-3,13-15H2. The van der Waals surface area contributed by atoms with Crippen LogP contribution in [-0.2, 0) is 0 Å². The average molecular weight is 293 g/mol. The first kappa shape index (κ1) is 15.1. The van der Waals surface area contributed by atoms with E-state index < -0.39 is 6.10 Å². The largest absolute Gasteiger partial charge is 0.388 e. The molecule has 1 aliphatic rings. The first-order valence-electron chi connectivity index (χ1n) is 8.00. The van der Waals surface area contributed by atoms with E-state index in [9.17, 15) is 5.11 Å². The lowest BCUT2D eigenvalue weighted by molar-refractivity contribution is 0.178. The van der Waals surface area contributed by atoms with Gasteiger partial charge >= 0.3 is 0 Å². The summed E-state index contributed by atoms with van der Waals surface area (Å²) in [5.41, 5.74) is 4.38. The fourth-order valence-electron chi connectivity index (χ4n) is 2.92. The zero-order chi connectivity index (χ0) is 15.4. The molecule has 2 aromatic carbocycles. The Bertz CT molecular complexity index is 582. The van der Waals surface area contributed by atoms with Crippen molar-refractivity contribution in [2.45, 2.75) is 25.4 Å². The molecule has 1 atom stereocenters. The van der Waals surface area contributed by atoms with Gasteiger partial charge in [0.15, 0.2) is 0 Å². The third kappa shape index (κ3) is 3.69. The minimum Gasteiger partial charge on any atom is -0.388 e. The van der Waals surface area contributed by atoms with Crippen molar-refractivity contribution in [2.75, 3.05) is 18.0 Å². The SMILES string of the molecule is [CH2]c1ccc([CH]CC(O)c2ccc(N3CCCC3)cc2)cc1. The maximum atomic E-state index is 10.3. The highest BCUT2D eigenvalue weighted by atomic mass is 16.3. The smallest absolute Gasteiger partial charge is 0.0796 e. The summed E-state index contributed by atoms with van der Waals surface area (Å²) in [6, 6.07) is 16.4. The Balaban J connectivity index is 1.57. The quantitative estimate of drug-likeness (QED) is 0.895. The predicted octanol–water partition coefficient (Wildman–Crippen LogP) is 4.15. The molecule has 2 heteroatoms. The van der Waals surface area contributed by atoms with Gasteiger partial charge in [0, 0.05) is 18.8 Å². The highest BCUT2D eigenvalue weighted by Crippen LogP contribution is 2.25. The number of hydrogen-bond acceptors (Lipinski definition) is 2. The molecule has 2 radical (unpaired) electrons. The number of nitrogens with zero attached hydrogens (tertiary/aromatic N) is 1. The number of benzene rings is 2. The lowest BCUT2D eigenvalue weighted by Gasteiger charge is -2.18. The summed E-state index contributed by atoms with van der Waals surface area (Å²) in [6.07, 6.45) is 4.81. The van der Waals surface area contributed by atoms with E-state index in [2.05, 4.69) is 30.4 Å². The van der Waals surface area contributed by atoms with E-state index in [1.54, 1.807) is 0 Å². The molecule has 22 heavy (non-hydrogen) atoms. The molecule has 1 saturated heterocycles. The van der Waals surface area contributed by atoms with Gasteiger partial charge in [0.25, 0.3) is 0 Å². The molecule has 2 aromatic rings. The van der Waals surface area contributed by atoms with Crippen molar-refractivity contribution in [1.29, 1.82) is 0 Å². The van der Waals surface area contributed by atoms with Crippen LogP contribution < -0.4 is 4.90 Å². The molecule has 0 spiro atoms. The van der Waals surface area contributed by atoms with Crippen molar-refractivity contribution >= 4 is 5.69 Å². The summed E-state index contributed by atoms with van der Waals surface area (Å²) in [7, 11) is 0. The summed E-state index contributed by atoms with van der Waals surface area (Å²) >= 11 is 0. The Morgan fingerprint density at radius 3 is 2.27 bits per heavy atom. The van der Waals surface area contributed by atoms with Crippen LogP contribution in [0.4, 0.5) is 5.69 Å². The van der Waals surface area contributed by atoms with Crippen molar-refractivity contribution in [1.82, 2.24) is 0 Å². The lowest BCUT2D eigenvalue weighted by Crippen LogP contribution is -2.17. The van der Waals surface area contributed by atoms with Crippen molar-refractivity contribution in [2.24, 2.45) is 0 Å². The molecule has 1 N–H and O–H groups in total. The second-order valence-electron chi connectivity index (χ2n) is 5.98. The number of hydrogen-bond donors (Lipinski definition) is 1. The second kappa shape index (κ2) is 6.97. The minimum absolute atomic E-state index is 0.452. The maximum Gasteiger partial charge on any atom is 0.0796 e. The maximum absolute atomic E-state index is 10.3. The van der Waals surface area contributed by atoms with Gasteiger partial charge in [0.1, 0.15) is 0 Å². The summed E-state index contributed by atoms with van der Waals surface area (Å²) in [4.78, 5) is 2.41. The third-order valence-corrected chi connectivity index (χ3v) is 4.31. The third-order valence-electron chi connectivity index (χ3n) is 4.31. The van der Waals surface area contributed by atoms with Gasteiger partial charge in [-0.2, -0.15) is 0 Å². The van der Waals surface area contributed by atoms with E-state index in [0.29, 0.717) is 6.42 Å². The van der Waals surface area contributed by atoms with Crippen LogP contribution in [0, 0.1) is 13.3 Å². The van der Waals surface area contributed by atoms with Gasteiger partial charge in [-0.15, -0.1) is 0 Å². The summed E-state index contributed by atoms with van der Waals surface area (Å²) < 4.78 is 0. The first-order valence-corrected chi connectivity index (χ1v) is 8.00. The molecule has 1 fully saturated rings. The van der Waals surface area contributed by atoms with Crippen molar-refractivity contribution in [3.05, 3.63) is 78.6 Å². The molecule has 0 aliphatic carbocycles. The number of rotatable bonds is 5. The molecular formula is C20H23NO. The molecule has 3 rings (SSSR count). The number of aliphatic hydroxyl groups excluding tert-OH is 1. The van der Waals surface area contributed by atoms with Crippen LogP contribution >= 0.6 is 0 Å². The van der Waals surface area contributed by atoms with E-state index in [4.69, 9.17) is 0 Å². The second-order valence-corrected chi connectivity index (χ2v) is 5.98. The zero-order valence-corrected chi connectivity index (χ0v) is 12.9. The fraction of sp³-hybridized carbons (Fsp3) is 0.300. The molecule has 0 bridgehead atoms. The van der Waals surface area contributed by atoms with E-state index in [-0.39, 0.29) is 0 Å².